The zero-order valence-corrected chi connectivity index (χ0v) is 14.9. The van der Waals surface area contributed by atoms with Gasteiger partial charge in [0.05, 0.1) is 6.26 Å². The minimum atomic E-state index is -0.883. The fourth-order valence-electron chi connectivity index (χ4n) is 3.43. The average molecular weight is 374 g/mol. The lowest BCUT2D eigenvalue weighted by Crippen LogP contribution is -2.14. The Morgan fingerprint density at radius 2 is 1.64 bits per heavy atom. The summed E-state index contributed by atoms with van der Waals surface area (Å²) in [5, 5.41) is 19.8. The summed E-state index contributed by atoms with van der Waals surface area (Å²) in [4.78, 5) is 12.3. The molecule has 140 valence electrons. The Balaban J connectivity index is 1.52. The van der Waals surface area contributed by atoms with E-state index in [1.54, 1.807) is 24.3 Å². The number of fused-ring (bicyclic) bond motifs is 3. The molecule has 5 nitrogen and oxygen atoms in total. The number of phenolic OH excluding ortho intramolecular Hbond substituents is 1. The van der Waals surface area contributed by atoms with Gasteiger partial charge in [-0.05, 0) is 22.8 Å². The van der Waals surface area contributed by atoms with Crippen LogP contribution in [0.15, 0.2) is 79.1 Å². The highest BCUT2D eigenvalue weighted by molar-refractivity contribution is 5.81. The number of rotatable bonds is 4. The van der Waals surface area contributed by atoms with Gasteiger partial charge in [0.15, 0.2) is 6.10 Å². The van der Waals surface area contributed by atoms with Crippen LogP contribution in [-0.4, -0.2) is 23.0 Å². The van der Waals surface area contributed by atoms with Crippen LogP contribution in [-0.2, 0) is 9.47 Å². The highest BCUT2D eigenvalue weighted by atomic mass is 16.7. The smallest absolute Gasteiger partial charge is 0.509 e. The molecular formula is C23H18O5. The second kappa shape index (κ2) is 7.48. The molecule has 0 aliphatic heterocycles. The molecule has 0 spiro atoms. The first-order valence-corrected chi connectivity index (χ1v) is 8.82. The summed E-state index contributed by atoms with van der Waals surface area (Å²) in [5.74, 6) is 0.0618. The minimum absolute atomic E-state index is 0.0618. The molecule has 0 fully saturated rings. The molecule has 4 rings (SSSR count). The third-order valence-electron chi connectivity index (χ3n) is 4.74. The van der Waals surface area contributed by atoms with E-state index in [0.717, 1.165) is 28.5 Å². The number of aromatic hydroxyl groups is 1. The summed E-state index contributed by atoms with van der Waals surface area (Å²) < 4.78 is 10.8. The number of aliphatic hydroxyl groups excluding tert-OH is 1. The molecule has 5 heteroatoms. The van der Waals surface area contributed by atoms with E-state index in [-0.39, 0.29) is 12.4 Å². The molecule has 3 aromatic carbocycles. The van der Waals surface area contributed by atoms with Crippen molar-refractivity contribution in [1.29, 1.82) is 0 Å². The Morgan fingerprint density at radius 3 is 2.43 bits per heavy atom. The number of phenols is 1. The van der Waals surface area contributed by atoms with E-state index in [9.17, 15) is 15.0 Å². The minimum Gasteiger partial charge on any atom is -0.515 e. The van der Waals surface area contributed by atoms with Gasteiger partial charge < -0.3 is 19.7 Å². The molecule has 0 aromatic heterocycles. The van der Waals surface area contributed by atoms with E-state index in [1.807, 2.05) is 48.5 Å². The van der Waals surface area contributed by atoms with Crippen molar-refractivity contribution >= 4 is 11.7 Å². The molecule has 1 atom stereocenters. The van der Waals surface area contributed by atoms with Crippen LogP contribution in [0.1, 0.15) is 22.8 Å². The summed E-state index contributed by atoms with van der Waals surface area (Å²) in [5.41, 5.74) is 4.26. The fraction of sp³-hybridized carbons (Fsp3) is 0.0870. The van der Waals surface area contributed by atoms with Crippen molar-refractivity contribution in [2.45, 2.75) is 6.10 Å². The Kier molecular flexibility index (Phi) is 4.72. The zero-order chi connectivity index (χ0) is 19.5. The Bertz CT molecular complexity index is 1040. The molecule has 0 heterocycles. The summed E-state index contributed by atoms with van der Waals surface area (Å²) in [6.45, 7) is -0.138. The molecule has 2 N–H and O–H groups in total. The highest BCUT2D eigenvalue weighted by Crippen LogP contribution is 2.48. The molecule has 0 saturated heterocycles. The molecular weight excluding hydrogens is 356 g/mol. The van der Waals surface area contributed by atoms with Gasteiger partial charge in [0.1, 0.15) is 12.4 Å². The van der Waals surface area contributed by atoms with E-state index in [4.69, 9.17) is 9.47 Å². The van der Waals surface area contributed by atoms with Crippen molar-refractivity contribution in [3.8, 4) is 16.9 Å². The van der Waals surface area contributed by atoms with Gasteiger partial charge in [-0.3, -0.25) is 0 Å². The van der Waals surface area contributed by atoms with Crippen molar-refractivity contribution in [1.82, 2.24) is 0 Å². The Labute approximate surface area is 162 Å². The van der Waals surface area contributed by atoms with Gasteiger partial charge in [0.25, 0.3) is 0 Å². The number of ether oxygens (including phenoxy) is 2. The predicted octanol–water partition coefficient (Wildman–Crippen LogP) is 5.21. The zero-order valence-electron chi connectivity index (χ0n) is 14.9. The number of benzene rings is 3. The molecule has 1 aliphatic rings. The first-order chi connectivity index (χ1) is 13.7. The van der Waals surface area contributed by atoms with Crippen LogP contribution in [0.2, 0.25) is 0 Å². The number of hydrogen-bond donors (Lipinski definition) is 2. The lowest BCUT2D eigenvalue weighted by atomic mass is 10.1. The summed E-state index contributed by atoms with van der Waals surface area (Å²) >= 11 is 0. The van der Waals surface area contributed by atoms with Gasteiger partial charge in [-0.15, -0.1) is 0 Å². The molecule has 0 amide bonds. The normalized spacial score (nSPS) is 14.9. The first-order valence-electron chi connectivity index (χ1n) is 8.82. The summed E-state index contributed by atoms with van der Waals surface area (Å²) in [7, 11) is 0. The molecule has 0 saturated carbocycles. The predicted molar refractivity (Wildman–Crippen MR) is 105 cm³/mol. The van der Waals surface area contributed by atoms with Crippen molar-refractivity contribution in [3.63, 3.8) is 0 Å². The average Bonchev–Trinajstić information content (AvgIpc) is 3.04. The van der Waals surface area contributed by atoms with Gasteiger partial charge in [-0.2, -0.15) is 0 Å². The van der Waals surface area contributed by atoms with Gasteiger partial charge in [-0.1, -0.05) is 66.7 Å². The van der Waals surface area contributed by atoms with Crippen molar-refractivity contribution < 1.29 is 24.5 Å². The largest absolute Gasteiger partial charge is 0.515 e. The quantitative estimate of drug-likeness (QED) is 0.484. The van der Waals surface area contributed by atoms with Crippen LogP contribution < -0.4 is 0 Å². The Hall–Kier alpha value is -3.73. The van der Waals surface area contributed by atoms with E-state index >= 15 is 0 Å². The maximum Gasteiger partial charge on any atom is 0.509 e. The van der Waals surface area contributed by atoms with E-state index < -0.39 is 12.3 Å². The Morgan fingerprint density at radius 1 is 0.929 bits per heavy atom. The lowest BCUT2D eigenvalue weighted by Gasteiger charge is -2.16. The molecule has 3 aromatic rings. The van der Waals surface area contributed by atoms with Gasteiger partial charge in [0, 0.05) is 16.7 Å². The molecule has 1 unspecified atom stereocenters. The molecule has 0 radical (unpaired) electrons. The number of aliphatic hydroxyl groups is 1. The third-order valence-corrected chi connectivity index (χ3v) is 4.74. The number of carbonyl (C=O) groups is 1. The van der Waals surface area contributed by atoms with E-state index in [2.05, 4.69) is 0 Å². The van der Waals surface area contributed by atoms with E-state index in [1.165, 1.54) is 0 Å². The van der Waals surface area contributed by atoms with Gasteiger partial charge in [-0.25, -0.2) is 4.79 Å². The second-order valence-electron chi connectivity index (χ2n) is 6.38. The van der Waals surface area contributed by atoms with Crippen LogP contribution in [0, 0.1) is 0 Å². The standard InChI is InChI=1S/C23H18O5/c24-13-16(15-7-2-1-3-8-15)14-27-23(26)28-22-19-10-5-4-9-17(19)18-11-6-12-20(25)21(18)22/h1-13,22,24-25H,14H2. The second-order valence-corrected chi connectivity index (χ2v) is 6.38. The van der Waals surface area contributed by atoms with Crippen LogP contribution in [0.3, 0.4) is 0 Å². The molecule has 1 aliphatic carbocycles. The maximum atomic E-state index is 12.3. The highest BCUT2D eigenvalue weighted by Gasteiger charge is 2.34. The van der Waals surface area contributed by atoms with Gasteiger partial charge >= 0.3 is 6.16 Å². The van der Waals surface area contributed by atoms with Crippen molar-refractivity contribution in [2.24, 2.45) is 0 Å². The topological polar surface area (TPSA) is 76.0 Å². The monoisotopic (exact) mass is 374 g/mol. The SMILES string of the molecule is O=C(OCC(=CO)c1ccccc1)OC1c2ccccc2-c2cccc(O)c21. The van der Waals surface area contributed by atoms with Crippen LogP contribution >= 0.6 is 0 Å². The maximum absolute atomic E-state index is 12.3. The van der Waals surface area contributed by atoms with Crippen LogP contribution in [0.5, 0.6) is 5.75 Å². The van der Waals surface area contributed by atoms with Crippen LogP contribution in [0.25, 0.3) is 16.7 Å². The van der Waals surface area contributed by atoms with Crippen molar-refractivity contribution in [2.75, 3.05) is 6.61 Å². The van der Waals surface area contributed by atoms with Crippen molar-refractivity contribution in [3.05, 3.63) is 95.7 Å². The first kappa shape index (κ1) is 17.7. The summed E-state index contributed by atoms with van der Waals surface area (Å²) in [6, 6.07) is 21.8. The number of hydrogen-bond acceptors (Lipinski definition) is 5. The third kappa shape index (κ3) is 3.18. The van der Waals surface area contributed by atoms with Crippen LogP contribution in [0.4, 0.5) is 4.79 Å². The molecule has 28 heavy (non-hydrogen) atoms. The number of carbonyl (C=O) groups excluding carboxylic acids is 1. The summed E-state index contributed by atoms with van der Waals surface area (Å²) in [6.07, 6.45) is -0.724. The lowest BCUT2D eigenvalue weighted by molar-refractivity contribution is 0.0432. The fourth-order valence-corrected chi connectivity index (χ4v) is 3.43. The molecule has 0 bridgehead atoms. The van der Waals surface area contributed by atoms with Gasteiger partial charge in [0.2, 0.25) is 0 Å². The van der Waals surface area contributed by atoms with E-state index in [0.29, 0.717) is 11.1 Å².